The van der Waals surface area contributed by atoms with Crippen molar-refractivity contribution in [3.05, 3.63) is 29.6 Å². The lowest BCUT2D eigenvalue weighted by Crippen LogP contribution is -2.35. The molecule has 0 spiro atoms. The molecule has 0 aliphatic carbocycles. The molecule has 2 N–H and O–H groups in total. The minimum atomic E-state index is 0.377. The molecule has 0 saturated heterocycles. The van der Waals surface area contributed by atoms with Crippen LogP contribution in [0.25, 0.3) is 0 Å². The summed E-state index contributed by atoms with van der Waals surface area (Å²) in [4.78, 5) is 6.66. The minimum absolute atomic E-state index is 0.377. The van der Waals surface area contributed by atoms with Crippen LogP contribution in [0.15, 0.2) is 18.2 Å². The van der Waals surface area contributed by atoms with E-state index >= 15 is 0 Å². The maximum Gasteiger partial charge on any atom is 0.0869 e. The van der Waals surface area contributed by atoms with Crippen molar-refractivity contribution in [3.8, 4) is 12.1 Å². The molecule has 0 fully saturated rings. The maximum absolute atomic E-state index is 8.94. The zero-order valence-electron chi connectivity index (χ0n) is 15.2. The molecule has 0 radical (unpaired) electrons. The van der Waals surface area contributed by atoms with Crippen molar-refractivity contribution >= 4 is 0 Å². The standard InChI is InChI=1S/C16H24N6.C2H6/c1-2-15-4-3-5-16(21-15)14-22(12-7-18)13-11-20-10-9-19-8-6-17;1-2/h3-5,19-20H,2,8-14H2,1H3;1-2H3. The number of nitriles is 2. The van der Waals surface area contributed by atoms with Crippen molar-refractivity contribution in [2.75, 3.05) is 39.3 Å². The van der Waals surface area contributed by atoms with Crippen molar-refractivity contribution in [1.82, 2.24) is 20.5 Å². The Hall–Kier alpha value is -1.99. The molecule has 0 amide bonds. The summed E-state index contributed by atoms with van der Waals surface area (Å²) in [5.74, 6) is 0. The zero-order valence-corrected chi connectivity index (χ0v) is 15.2. The second-order valence-electron chi connectivity index (χ2n) is 4.93. The van der Waals surface area contributed by atoms with Crippen molar-refractivity contribution < 1.29 is 0 Å². The highest BCUT2D eigenvalue weighted by Crippen LogP contribution is 2.04. The van der Waals surface area contributed by atoms with Gasteiger partial charge in [0.1, 0.15) is 0 Å². The summed E-state index contributed by atoms with van der Waals surface area (Å²) in [5.41, 5.74) is 2.08. The molecule has 6 heteroatoms. The SMILES string of the molecule is CC.CCc1cccc(CN(CC#N)CCNCCNCC#N)n1. The molecule has 0 unspecified atom stereocenters. The van der Waals surface area contributed by atoms with Crippen LogP contribution in [0.5, 0.6) is 0 Å². The van der Waals surface area contributed by atoms with Crippen LogP contribution in [-0.2, 0) is 13.0 Å². The molecule has 0 aliphatic heterocycles. The van der Waals surface area contributed by atoms with Crippen molar-refractivity contribution in [3.63, 3.8) is 0 Å². The van der Waals surface area contributed by atoms with Gasteiger partial charge in [-0.2, -0.15) is 10.5 Å². The third kappa shape index (κ3) is 10.7. The van der Waals surface area contributed by atoms with Gasteiger partial charge in [-0.25, -0.2) is 0 Å². The number of nitrogens with one attached hydrogen (secondary N) is 2. The Morgan fingerprint density at radius 2 is 1.75 bits per heavy atom. The van der Waals surface area contributed by atoms with Crippen LogP contribution in [0.3, 0.4) is 0 Å². The summed E-state index contributed by atoms with van der Waals surface area (Å²) < 4.78 is 0. The number of rotatable bonds is 11. The summed E-state index contributed by atoms with van der Waals surface area (Å²) in [7, 11) is 0. The largest absolute Gasteiger partial charge is 0.314 e. The molecular formula is C18H30N6. The molecule has 1 rings (SSSR count). The van der Waals surface area contributed by atoms with Gasteiger partial charge < -0.3 is 10.6 Å². The Labute approximate surface area is 146 Å². The van der Waals surface area contributed by atoms with Gasteiger partial charge in [0.25, 0.3) is 0 Å². The molecule has 132 valence electrons. The van der Waals surface area contributed by atoms with Gasteiger partial charge in [-0.1, -0.05) is 26.8 Å². The van der Waals surface area contributed by atoms with Gasteiger partial charge in [-0.3, -0.25) is 9.88 Å². The molecule has 1 aromatic rings. The Kier molecular flexibility index (Phi) is 14.6. The quantitative estimate of drug-likeness (QED) is 0.474. The van der Waals surface area contributed by atoms with Crippen molar-refractivity contribution in [1.29, 1.82) is 10.5 Å². The lowest BCUT2D eigenvalue weighted by atomic mass is 10.2. The van der Waals surface area contributed by atoms with Gasteiger partial charge in [-0.15, -0.1) is 0 Å². The van der Waals surface area contributed by atoms with Gasteiger partial charge in [0.15, 0.2) is 0 Å². The van der Waals surface area contributed by atoms with E-state index in [4.69, 9.17) is 10.5 Å². The van der Waals surface area contributed by atoms with E-state index in [2.05, 4.69) is 33.5 Å². The van der Waals surface area contributed by atoms with E-state index in [1.54, 1.807) is 0 Å². The summed E-state index contributed by atoms with van der Waals surface area (Å²) in [6, 6.07) is 10.3. The lowest BCUT2D eigenvalue weighted by Gasteiger charge is -2.19. The Morgan fingerprint density at radius 3 is 2.42 bits per heavy atom. The van der Waals surface area contributed by atoms with Crippen LogP contribution >= 0.6 is 0 Å². The second-order valence-corrected chi connectivity index (χ2v) is 4.93. The first-order valence-electron chi connectivity index (χ1n) is 8.62. The molecule has 6 nitrogen and oxygen atoms in total. The molecule has 0 saturated carbocycles. The Morgan fingerprint density at radius 1 is 1.04 bits per heavy atom. The normalized spacial score (nSPS) is 9.75. The molecular weight excluding hydrogens is 300 g/mol. The third-order valence-corrected chi connectivity index (χ3v) is 3.19. The lowest BCUT2D eigenvalue weighted by molar-refractivity contribution is 0.293. The first-order valence-corrected chi connectivity index (χ1v) is 8.62. The fraction of sp³-hybridized carbons (Fsp3) is 0.611. The smallest absolute Gasteiger partial charge is 0.0869 e. The zero-order chi connectivity index (χ0) is 18.0. The van der Waals surface area contributed by atoms with Gasteiger partial charge in [0, 0.05) is 38.4 Å². The molecule has 0 aliphatic rings. The molecule has 1 heterocycles. The second kappa shape index (κ2) is 15.9. The van der Waals surface area contributed by atoms with Crippen LogP contribution in [-0.4, -0.2) is 49.2 Å². The van der Waals surface area contributed by atoms with E-state index in [-0.39, 0.29) is 0 Å². The highest BCUT2D eigenvalue weighted by molar-refractivity contribution is 5.11. The van der Waals surface area contributed by atoms with Crippen LogP contribution < -0.4 is 10.6 Å². The monoisotopic (exact) mass is 330 g/mol. The number of aromatic nitrogens is 1. The average Bonchev–Trinajstić information content (AvgIpc) is 2.63. The average molecular weight is 330 g/mol. The first-order chi connectivity index (χ1) is 11.8. The fourth-order valence-corrected chi connectivity index (χ4v) is 2.04. The summed E-state index contributed by atoms with van der Waals surface area (Å²) >= 11 is 0. The number of aryl methyl sites for hydroxylation is 1. The predicted molar refractivity (Wildman–Crippen MR) is 97.2 cm³/mol. The van der Waals surface area contributed by atoms with Crippen LogP contribution in [0.1, 0.15) is 32.2 Å². The van der Waals surface area contributed by atoms with Gasteiger partial charge in [0.2, 0.25) is 0 Å². The van der Waals surface area contributed by atoms with Crippen LogP contribution in [0.2, 0.25) is 0 Å². The number of pyridine rings is 1. The molecule has 0 aromatic carbocycles. The predicted octanol–water partition coefficient (Wildman–Crippen LogP) is 1.70. The Balaban J connectivity index is 0.00000254. The highest BCUT2D eigenvalue weighted by atomic mass is 15.1. The number of hydrogen-bond acceptors (Lipinski definition) is 6. The topological polar surface area (TPSA) is 87.8 Å². The third-order valence-electron chi connectivity index (χ3n) is 3.19. The van der Waals surface area contributed by atoms with Gasteiger partial charge >= 0.3 is 0 Å². The molecule has 24 heavy (non-hydrogen) atoms. The first kappa shape index (κ1) is 22.0. The maximum atomic E-state index is 8.94. The molecule has 0 bridgehead atoms. The molecule has 1 aromatic heterocycles. The fourth-order valence-electron chi connectivity index (χ4n) is 2.04. The van der Waals surface area contributed by atoms with E-state index in [0.29, 0.717) is 19.6 Å². The van der Waals surface area contributed by atoms with Gasteiger partial charge in [0.05, 0.1) is 30.9 Å². The van der Waals surface area contributed by atoms with E-state index < -0.39 is 0 Å². The van der Waals surface area contributed by atoms with Gasteiger partial charge in [-0.05, 0) is 18.6 Å². The number of nitrogens with zero attached hydrogens (tertiary/aromatic N) is 4. The van der Waals surface area contributed by atoms with Crippen molar-refractivity contribution in [2.24, 2.45) is 0 Å². The van der Waals surface area contributed by atoms with E-state index in [0.717, 1.165) is 44.0 Å². The van der Waals surface area contributed by atoms with Crippen molar-refractivity contribution in [2.45, 2.75) is 33.7 Å². The molecule has 0 atom stereocenters. The summed E-state index contributed by atoms with van der Waals surface area (Å²) in [5, 5.41) is 23.6. The minimum Gasteiger partial charge on any atom is -0.314 e. The van der Waals surface area contributed by atoms with E-state index in [1.807, 2.05) is 38.1 Å². The van der Waals surface area contributed by atoms with E-state index in [9.17, 15) is 0 Å². The highest BCUT2D eigenvalue weighted by Gasteiger charge is 2.06. The number of hydrogen-bond donors (Lipinski definition) is 2. The summed E-state index contributed by atoms with van der Waals surface area (Å²) in [6.45, 7) is 10.7. The van der Waals surface area contributed by atoms with E-state index in [1.165, 1.54) is 0 Å². The Bertz CT molecular complexity index is 503. The van der Waals surface area contributed by atoms with Crippen LogP contribution in [0, 0.1) is 22.7 Å². The van der Waals surface area contributed by atoms with Crippen LogP contribution in [0.4, 0.5) is 0 Å². The summed E-state index contributed by atoms with van der Waals surface area (Å²) in [6.07, 6.45) is 0.920.